The number of carbonyl (C=O) groups excluding carboxylic acids is 1. The van der Waals surface area contributed by atoms with Gasteiger partial charge in [0.25, 0.3) is 0 Å². The van der Waals surface area contributed by atoms with Crippen LogP contribution in [0.5, 0.6) is 0 Å². The Hall–Kier alpha value is -1.53. The molecule has 0 bridgehead atoms. The van der Waals surface area contributed by atoms with Crippen molar-refractivity contribution in [1.82, 2.24) is 9.80 Å². The molecule has 1 atom stereocenters. The Labute approximate surface area is 117 Å². The first-order chi connectivity index (χ1) is 9.49. The number of rotatable bonds is 4. The number of hydrogen-bond acceptors (Lipinski definition) is 3. The van der Waals surface area contributed by atoms with Crippen LogP contribution in [0.25, 0.3) is 0 Å². The molecule has 2 rings (SSSR count). The number of benzene rings is 1. The summed E-state index contributed by atoms with van der Waals surface area (Å²) in [5.74, 6) is -1.39. The maximum Gasteiger partial charge on any atom is 0.231 e. The van der Waals surface area contributed by atoms with Crippen molar-refractivity contribution in [2.45, 2.75) is 13.0 Å². The van der Waals surface area contributed by atoms with Crippen molar-refractivity contribution >= 4 is 5.91 Å². The van der Waals surface area contributed by atoms with Gasteiger partial charge in [-0.3, -0.25) is 14.6 Å². The molecule has 1 aliphatic rings. The quantitative estimate of drug-likeness (QED) is 0.901. The molecule has 1 aliphatic heterocycles. The van der Waals surface area contributed by atoms with Crippen molar-refractivity contribution in [1.29, 1.82) is 0 Å². The second-order valence-corrected chi connectivity index (χ2v) is 5.09. The average Bonchev–Trinajstić information content (AvgIpc) is 2.38. The molecule has 0 aromatic heterocycles. The lowest BCUT2D eigenvalue weighted by Gasteiger charge is -2.37. The molecule has 1 aromatic carbocycles. The lowest BCUT2D eigenvalue weighted by atomic mass is 10.0. The third-order valence-electron chi connectivity index (χ3n) is 3.75. The monoisotopic (exact) mass is 283 g/mol. The highest BCUT2D eigenvalue weighted by molar-refractivity contribution is 5.75. The van der Waals surface area contributed by atoms with E-state index in [0.29, 0.717) is 26.2 Å². The van der Waals surface area contributed by atoms with E-state index in [-0.39, 0.29) is 24.1 Å². The fraction of sp³-hybridized carbons (Fsp3) is 0.500. The van der Waals surface area contributed by atoms with Gasteiger partial charge in [0, 0.05) is 37.8 Å². The maximum absolute atomic E-state index is 13.8. The van der Waals surface area contributed by atoms with Gasteiger partial charge in [-0.2, -0.15) is 0 Å². The zero-order valence-electron chi connectivity index (χ0n) is 11.5. The van der Waals surface area contributed by atoms with E-state index in [1.54, 1.807) is 6.92 Å². The zero-order chi connectivity index (χ0) is 14.7. The number of primary amides is 1. The highest BCUT2D eigenvalue weighted by atomic mass is 19.1. The highest BCUT2D eigenvalue weighted by Crippen LogP contribution is 2.26. The summed E-state index contributed by atoms with van der Waals surface area (Å²) in [7, 11) is 0. The Bertz CT molecular complexity index is 467. The minimum Gasteiger partial charge on any atom is -0.369 e. The molecule has 0 spiro atoms. The van der Waals surface area contributed by atoms with Gasteiger partial charge in [0.2, 0.25) is 5.91 Å². The Kier molecular flexibility index (Phi) is 4.67. The molecular weight excluding hydrogens is 264 g/mol. The van der Waals surface area contributed by atoms with E-state index in [9.17, 15) is 13.6 Å². The van der Waals surface area contributed by atoms with Crippen molar-refractivity contribution in [2.75, 3.05) is 32.7 Å². The van der Waals surface area contributed by atoms with Gasteiger partial charge in [0.15, 0.2) is 0 Å². The summed E-state index contributed by atoms with van der Waals surface area (Å²) in [4.78, 5) is 14.8. The maximum atomic E-state index is 13.8. The lowest BCUT2D eigenvalue weighted by molar-refractivity contribution is -0.119. The second kappa shape index (κ2) is 6.28. The van der Waals surface area contributed by atoms with E-state index in [4.69, 9.17) is 5.73 Å². The van der Waals surface area contributed by atoms with Gasteiger partial charge in [-0.1, -0.05) is 6.07 Å². The van der Waals surface area contributed by atoms with Gasteiger partial charge < -0.3 is 5.73 Å². The summed E-state index contributed by atoms with van der Waals surface area (Å²) in [5, 5.41) is 0. The zero-order valence-corrected chi connectivity index (χ0v) is 11.5. The minimum atomic E-state index is -0.517. The first-order valence-electron chi connectivity index (χ1n) is 6.67. The first kappa shape index (κ1) is 14.9. The van der Waals surface area contributed by atoms with Crippen molar-refractivity contribution in [2.24, 2.45) is 5.73 Å². The third-order valence-corrected chi connectivity index (χ3v) is 3.75. The van der Waals surface area contributed by atoms with E-state index in [1.165, 1.54) is 18.2 Å². The van der Waals surface area contributed by atoms with Crippen LogP contribution in [0.3, 0.4) is 0 Å². The summed E-state index contributed by atoms with van der Waals surface area (Å²) >= 11 is 0. The molecule has 110 valence electrons. The van der Waals surface area contributed by atoms with E-state index < -0.39 is 11.6 Å². The summed E-state index contributed by atoms with van der Waals surface area (Å²) in [6, 6.07) is 3.59. The molecule has 4 nitrogen and oxygen atoms in total. The van der Waals surface area contributed by atoms with Crippen LogP contribution in [0.2, 0.25) is 0 Å². The summed E-state index contributed by atoms with van der Waals surface area (Å²) in [5.41, 5.74) is 5.26. The fourth-order valence-corrected chi connectivity index (χ4v) is 2.62. The second-order valence-electron chi connectivity index (χ2n) is 5.09. The number of amides is 1. The molecular formula is C14H19F2N3O. The number of halogens is 2. The number of piperazine rings is 1. The van der Waals surface area contributed by atoms with Crippen LogP contribution in [0, 0.1) is 11.6 Å². The predicted molar refractivity (Wildman–Crippen MR) is 72.0 cm³/mol. The van der Waals surface area contributed by atoms with Crippen LogP contribution < -0.4 is 5.73 Å². The molecule has 2 N–H and O–H groups in total. The largest absolute Gasteiger partial charge is 0.369 e. The molecule has 20 heavy (non-hydrogen) atoms. The predicted octanol–water partition coefficient (Wildman–Crippen LogP) is 1.13. The van der Waals surface area contributed by atoms with Crippen molar-refractivity contribution < 1.29 is 13.6 Å². The van der Waals surface area contributed by atoms with Crippen LogP contribution in [0.1, 0.15) is 18.5 Å². The molecule has 1 fully saturated rings. The van der Waals surface area contributed by atoms with E-state index >= 15 is 0 Å². The van der Waals surface area contributed by atoms with Gasteiger partial charge in [-0.15, -0.1) is 0 Å². The van der Waals surface area contributed by atoms with Crippen molar-refractivity contribution in [3.63, 3.8) is 0 Å². The summed E-state index contributed by atoms with van der Waals surface area (Å²) in [6.45, 7) is 4.68. The van der Waals surface area contributed by atoms with Gasteiger partial charge in [-0.05, 0) is 19.1 Å². The molecule has 0 radical (unpaired) electrons. The molecule has 1 heterocycles. The average molecular weight is 283 g/mol. The first-order valence-corrected chi connectivity index (χ1v) is 6.67. The summed E-state index contributed by atoms with van der Waals surface area (Å²) < 4.78 is 27.5. The Morgan fingerprint density at radius 3 is 2.30 bits per heavy atom. The Morgan fingerprint density at radius 2 is 1.80 bits per heavy atom. The number of nitrogens with two attached hydrogens (primary N) is 1. The highest BCUT2D eigenvalue weighted by Gasteiger charge is 2.26. The van der Waals surface area contributed by atoms with E-state index in [2.05, 4.69) is 0 Å². The van der Waals surface area contributed by atoms with Crippen LogP contribution in [0.4, 0.5) is 8.78 Å². The molecule has 1 amide bonds. The minimum absolute atomic E-state index is 0.107. The molecule has 6 heteroatoms. The fourth-order valence-electron chi connectivity index (χ4n) is 2.62. The van der Waals surface area contributed by atoms with Crippen LogP contribution in [-0.2, 0) is 4.79 Å². The molecule has 0 aliphatic carbocycles. The van der Waals surface area contributed by atoms with Gasteiger partial charge in [0.05, 0.1) is 6.54 Å². The standard InChI is InChI=1S/C14H19F2N3O/c1-10(14-11(15)3-2-4-12(14)16)19-7-5-18(6-8-19)9-13(17)20/h2-4,10H,5-9H2,1H3,(H2,17,20)/t10-/m0/s1. The van der Waals surface area contributed by atoms with Gasteiger partial charge >= 0.3 is 0 Å². The van der Waals surface area contributed by atoms with E-state index in [1.807, 2.05) is 9.80 Å². The molecule has 1 aromatic rings. The van der Waals surface area contributed by atoms with Gasteiger partial charge in [0.1, 0.15) is 11.6 Å². The van der Waals surface area contributed by atoms with Crippen LogP contribution >= 0.6 is 0 Å². The Morgan fingerprint density at radius 1 is 1.25 bits per heavy atom. The smallest absolute Gasteiger partial charge is 0.231 e. The number of nitrogens with zero attached hydrogens (tertiary/aromatic N) is 2. The number of carbonyl (C=O) groups is 1. The normalized spacial score (nSPS) is 18.9. The Balaban J connectivity index is 2.01. The number of hydrogen-bond donors (Lipinski definition) is 1. The van der Waals surface area contributed by atoms with Crippen molar-refractivity contribution in [3.05, 3.63) is 35.4 Å². The molecule has 0 unspecified atom stereocenters. The third kappa shape index (κ3) is 3.32. The van der Waals surface area contributed by atoms with Crippen molar-refractivity contribution in [3.8, 4) is 0 Å². The SMILES string of the molecule is C[C@@H](c1c(F)cccc1F)N1CCN(CC(N)=O)CC1. The molecule has 0 saturated carbocycles. The van der Waals surface area contributed by atoms with Crippen LogP contribution in [-0.4, -0.2) is 48.4 Å². The van der Waals surface area contributed by atoms with Crippen LogP contribution in [0.15, 0.2) is 18.2 Å². The lowest BCUT2D eigenvalue weighted by Crippen LogP contribution is -2.49. The summed E-state index contributed by atoms with van der Waals surface area (Å²) in [6.07, 6.45) is 0. The topological polar surface area (TPSA) is 49.6 Å². The molecule has 1 saturated heterocycles. The van der Waals surface area contributed by atoms with Gasteiger partial charge in [-0.25, -0.2) is 8.78 Å². The van der Waals surface area contributed by atoms with E-state index in [0.717, 1.165) is 0 Å².